The van der Waals surface area contributed by atoms with Crippen molar-refractivity contribution in [3.63, 3.8) is 0 Å². The monoisotopic (exact) mass is 381 g/mol. The van der Waals surface area contributed by atoms with Gasteiger partial charge in [0.1, 0.15) is 5.52 Å². The molecule has 3 aromatic rings. The van der Waals surface area contributed by atoms with E-state index in [2.05, 4.69) is 10.3 Å². The molecule has 3 aromatic heterocycles. The number of hydrogen-bond donors (Lipinski definition) is 1. The summed E-state index contributed by atoms with van der Waals surface area (Å²) in [5, 5.41) is 2.87. The lowest BCUT2D eigenvalue weighted by Gasteiger charge is -2.15. The zero-order valence-electron chi connectivity index (χ0n) is 15.6. The molecule has 146 valence electrons. The Balaban J connectivity index is 1.38. The Morgan fingerprint density at radius 1 is 1.14 bits per heavy atom. The molecule has 1 N–H and O–H groups in total. The second kappa shape index (κ2) is 7.84. The molecule has 0 saturated carbocycles. The molecule has 4 rings (SSSR count). The Labute approximate surface area is 161 Å². The van der Waals surface area contributed by atoms with E-state index in [1.54, 1.807) is 16.8 Å². The van der Waals surface area contributed by atoms with Crippen molar-refractivity contribution < 1.29 is 9.59 Å². The topological polar surface area (TPSA) is 88.7 Å². The molecule has 0 radical (unpaired) electrons. The van der Waals surface area contributed by atoms with Gasteiger partial charge in [-0.05, 0) is 37.1 Å². The molecule has 2 amide bonds. The van der Waals surface area contributed by atoms with Crippen molar-refractivity contribution in [3.05, 3.63) is 47.0 Å². The molecule has 1 aliphatic heterocycles. The number of hydrogen-bond acceptors (Lipinski definition) is 4. The molecule has 0 unspecified atom stereocenters. The van der Waals surface area contributed by atoms with Crippen molar-refractivity contribution >= 4 is 28.5 Å². The fraction of sp³-hybridized carbons (Fsp3) is 0.400. The lowest BCUT2D eigenvalue weighted by atomic mass is 10.3. The summed E-state index contributed by atoms with van der Waals surface area (Å²) in [6, 6.07) is 7.33. The highest BCUT2D eigenvalue weighted by atomic mass is 16.2. The molecule has 0 aromatic carbocycles. The molecule has 0 aliphatic carbocycles. The Hall–Kier alpha value is -3.16. The van der Waals surface area contributed by atoms with E-state index in [9.17, 15) is 14.4 Å². The first-order chi connectivity index (χ1) is 13.6. The fourth-order valence-electron chi connectivity index (χ4n) is 3.73. The zero-order valence-corrected chi connectivity index (χ0v) is 15.6. The van der Waals surface area contributed by atoms with Gasteiger partial charge in [0, 0.05) is 51.4 Å². The van der Waals surface area contributed by atoms with Crippen molar-refractivity contribution in [1.29, 1.82) is 0 Å². The Kier molecular flexibility index (Phi) is 5.10. The number of amides is 2. The molecule has 0 bridgehead atoms. The summed E-state index contributed by atoms with van der Waals surface area (Å²) in [7, 11) is 0. The summed E-state index contributed by atoms with van der Waals surface area (Å²) >= 11 is 0. The third-order valence-electron chi connectivity index (χ3n) is 5.16. The standard InChI is InChI=1S/C20H23N5O3/c26-17(21-10-4-12-23-11-3-7-18(23)27)8-14-25-19-15(5-1-9-22-19)24-13-2-6-16(24)20(25)28/h1-2,5-6,9,13H,3-4,7-8,10-12,14H2,(H,21,26). The zero-order chi connectivity index (χ0) is 19.5. The van der Waals surface area contributed by atoms with Gasteiger partial charge in [0.15, 0.2) is 5.65 Å². The summed E-state index contributed by atoms with van der Waals surface area (Å²) in [6.45, 7) is 2.29. The minimum Gasteiger partial charge on any atom is -0.356 e. The fourth-order valence-corrected chi connectivity index (χ4v) is 3.73. The van der Waals surface area contributed by atoms with Gasteiger partial charge in [-0.3, -0.25) is 19.0 Å². The molecule has 1 aliphatic rings. The summed E-state index contributed by atoms with van der Waals surface area (Å²) in [5.74, 6) is 0.0878. The minimum absolute atomic E-state index is 0.112. The van der Waals surface area contributed by atoms with Crippen LogP contribution in [-0.4, -0.2) is 50.3 Å². The van der Waals surface area contributed by atoms with Crippen LogP contribution in [0.25, 0.3) is 16.7 Å². The van der Waals surface area contributed by atoms with Crippen LogP contribution in [0.3, 0.4) is 0 Å². The largest absolute Gasteiger partial charge is 0.356 e. The van der Waals surface area contributed by atoms with E-state index in [-0.39, 0.29) is 30.3 Å². The Morgan fingerprint density at radius 2 is 2.00 bits per heavy atom. The van der Waals surface area contributed by atoms with Crippen LogP contribution in [-0.2, 0) is 16.1 Å². The van der Waals surface area contributed by atoms with E-state index in [4.69, 9.17) is 0 Å². The maximum atomic E-state index is 12.8. The van der Waals surface area contributed by atoms with E-state index >= 15 is 0 Å². The number of aryl methyl sites for hydroxylation is 1. The Morgan fingerprint density at radius 3 is 2.82 bits per heavy atom. The van der Waals surface area contributed by atoms with Crippen LogP contribution in [0, 0.1) is 0 Å². The number of carbonyl (C=O) groups is 2. The molecule has 0 atom stereocenters. The number of carbonyl (C=O) groups excluding carboxylic acids is 2. The smallest absolute Gasteiger partial charge is 0.276 e. The van der Waals surface area contributed by atoms with Crippen molar-refractivity contribution in [1.82, 2.24) is 24.2 Å². The molecule has 1 fully saturated rings. The second-order valence-corrected chi connectivity index (χ2v) is 7.00. The van der Waals surface area contributed by atoms with Crippen molar-refractivity contribution in [3.8, 4) is 0 Å². The van der Waals surface area contributed by atoms with Crippen LogP contribution in [0.4, 0.5) is 0 Å². The summed E-state index contributed by atoms with van der Waals surface area (Å²) in [5.41, 5.74) is 1.81. The summed E-state index contributed by atoms with van der Waals surface area (Å²) in [6.07, 6.45) is 5.97. The van der Waals surface area contributed by atoms with Gasteiger partial charge in [0.25, 0.3) is 5.56 Å². The minimum atomic E-state index is -0.156. The first-order valence-electron chi connectivity index (χ1n) is 9.64. The van der Waals surface area contributed by atoms with Crippen LogP contribution in [0.1, 0.15) is 25.7 Å². The van der Waals surface area contributed by atoms with Gasteiger partial charge in [0.05, 0.1) is 5.52 Å². The molecule has 0 spiro atoms. The van der Waals surface area contributed by atoms with Gasteiger partial charge in [-0.25, -0.2) is 4.98 Å². The SMILES string of the molecule is O=C(CCn1c(=O)c2cccn2c2cccnc21)NCCCN1CCCC1=O. The van der Waals surface area contributed by atoms with E-state index in [0.29, 0.717) is 30.7 Å². The number of fused-ring (bicyclic) bond motifs is 3. The number of nitrogens with one attached hydrogen (secondary N) is 1. The first-order valence-corrected chi connectivity index (χ1v) is 9.64. The van der Waals surface area contributed by atoms with Gasteiger partial charge in [0.2, 0.25) is 11.8 Å². The highest BCUT2D eigenvalue weighted by Gasteiger charge is 2.19. The molecular formula is C20H23N5O3. The molecule has 4 heterocycles. The van der Waals surface area contributed by atoms with Crippen molar-refractivity contribution in [2.75, 3.05) is 19.6 Å². The molecule has 1 saturated heterocycles. The number of rotatable bonds is 7. The van der Waals surface area contributed by atoms with Crippen LogP contribution < -0.4 is 10.9 Å². The number of likely N-dealkylation sites (tertiary alicyclic amines) is 1. The van der Waals surface area contributed by atoms with E-state index in [0.717, 1.165) is 24.9 Å². The van der Waals surface area contributed by atoms with Crippen LogP contribution in [0.5, 0.6) is 0 Å². The van der Waals surface area contributed by atoms with E-state index in [1.165, 1.54) is 0 Å². The lowest BCUT2D eigenvalue weighted by molar-refractivity contribution is -0.127. The first kappa shape index (κ1) is 18.2. The van der Waals surface area contributed by atoms with Gasteiger partial charge in [-0.1, -0.05) is 0 Å². The Bertz CT molecular complexity index is 1080. The van der Waals surface area contributed by atoms with Gasteiger partial charge in [-0.15, -0.1) is 0 Å². The third kappa shape index (κ3) is 3.49. The summed E-state index contributed by atoms with van der Waals surface area (Å²) in [4.78, 5) is 42.8. The maximum Gasteiger partial charge on any atom is 0.276 e. The van der Waals surface area contributed by atoms with Crippen molar-refractivity contribution in [2.24, 2.45) is 0 Å². The average molecular weight is 381 g/mol. The van der Waals surface area contributed by atoms with Crippen LogP contribution in [0.15, 0.2) is 41.5 Å². The molecule has 28 heavy (non-hydrogen) atoms. The third-order valence-corrected chi connectivity index (χ3v) is 5.16. The lowest BCUT2D eigenvalue weighted by Crippen LogP contribution is -2.32. The van der Waals surface area contributed by atoms with Crippen molar-refractivity contribution in [2.45, 2.75) is 32.2 Å². The van der Waals surface area contributed by atoms with Gasteiger partial charge < -0.3 is 14.6 Å². The quantitative estimate of drug-likeness (QED) is 0.622. The highest BCUT2D eigenvalue weighted by Crippen LogP contribution is 2.13. The number of nitrogens with zero attached hydrogens (tertiary/aromatic N) is 4. The molecule has 8 heteroatoms. The van der Waals surface area contributed by atoms with E-state index < -0.39 is 0 Å². The molecular weight excluding hydrogens is 358 g/mol. The van der Waals surface area contributed by atoms with Crippen LogP contribution in [0.2, 0.25) is 0 Å². The molecule has 8 nitrogen and oxygen atoms in total. The second-order valence-electron chi connectivity index (χ2n) is 7.00. The maximum absolute atomic E-state index is 12.8. The normalized spacial score (nSPS) is 14.3. The predicted molar refractivity (Wildman–Crippen MR) is 105 cm³/mol. The average Bonchev–Trinajstić information content (AvgIpc) is 3.35. The van der Waals surface area contributed by atoms with Gasteiger partial charge in [-0.2, -0.15) is 0 Å². The highest BCUT2D eigenvalue weighted by molar-refractivity contribution is 5.78. The number of pyridine rings is 1. The van der Waals surface area contributed by atoms with E-state index in [1.807, 2.05) is 33.7 Å². The summed E-state index contributed by atoms with van der Waals surface area (Å²) < 4.78 is 3.38. The predicted octanol–water partition coefficient (Wildman–Crippen LogP) is 1.17. The number of aromatic nitrogens is 3. The van der Waals surface area contributed by atoms with Crippen LogP contribution >= 0.6 is 0 Å². The van der Waals surface area contributed by atoms with Gasteiger partial charge >= 0.3 is 0 Å².